The highest BCUT2D eigenvalue weighted by Crippen LogP contribution is 2.31. The van der Waals surface area contributed by atoms with Crippen LogP contribution in [-0.4, -0.2) is 56.9 Å². The summed E-state index contributed by atoms with van der Waals surface area (Å²) in [5.41, 5.74) is 1.98. The highest BCUT2D eigenvalue weighted by Gasteiger charge is 2.35. The first-order valence-electron chi connectivity index (χ1n) is 13.2. The van der Waals surface area contributed by atoms with Gasteiger partial charge in [0.2, 0.25) is 15.9 Å². The van der Waals surface area contributed by atoms with Gasteiger partial charge in [0.25, 0.3) is 5.91 Å². The summed E-state index contributed by atoms with van der Waals surface area (Å²) in [6.07, 6.45) is 2.42. The maximum absolute atomic E-state index is 13.6. The molecule has 3 atom stereocenters. The molecule has 0 saturated carbocycles. The third-order valence-electron chi connectivity index (χ3n) is 7.69. The number of aryl methyl sites for hydroxylation is 1. The normalized spacial score (nSPS) is 21.9. The average molecular weight is 535 g/mol. The molecule has 3 N–H and O–H groups in total. The van der Waals surface area contributed by atoms with Crippen molar-refractivity contribution in [3.05, 3.63) is 71.8 Å². The van der Waals surface area contributed by atoms with Gasteiger partial charge in [-0.1, -0.05) is 49.4 Å². The van der Waals surface area contributed by atoms with E-state index in [0.717, 1.165) is 24.9 Å². The Morgan fingerprint density at radius 2 is 1.71 bits per heavy atom. The van der Waals surface area contributed by atoms with Crippen molar-refractivity contribution in [2.24, 2.45) is 5.92 Å². The van der Waals surface area contributed by atoms with Gasteiger partial charge in [-0.3, -0.25) is 9.59 Å². The smallest absolute Gasteiger partial charge is 0.255 e. The summed E-state index contributed by atoms with van der Waals surface area (Å²) in [5, 5.41) is 7.39. The fraction of sp³-hybridized carbons (Fsp3) is 0.379. The van der Waals surface area contributed by atoms with E-state index in [4.69, 9.17) is 0 Å². The third kappa shape index (κ3) is 5.32. The van der Waals surface area contributed by atoms with E-state index in [1.165, 1.54) is 0 Å². The van der Waals surface area contributed by atoms with E-state index < -0.39 is 10.0 Å². The van der Waals surface area contributed by atoms with Gasteiger partial charge < -0.3 is 15.5 Å². The Bertz CT molecular complexity index is 1470. The maximum atomic E-state index is 13.6. The molecule has 3 aromatic carbocycles. The van der Waals surface area contributed by atoms with Gasteiger partial charge in [-0.15, -0.1) is 0 Å². The Labute approximate surface area is 223 Å². The number of rotatable bonds is 6. The number of piperidine rings is 1. The Hall–Kier alpha value is -3.27. The molecule has 0 radical (unpaired) electrons. The van der Waals surface area contributed by atoms with Gasteiger partial charge in [0.15, 0.2) is 0 Å². The van der Waals surface area contributed by atoms with Gasteiger partial charge in [0.1, 0.15) is 0 Å². The fourth-order valence-electron chi connectivity index (χ4n) is 5.53. The highest BCUT2D eigenvalue weighted by molar-refractivity contribution is 7.89. The number of benzene rings is 3. The zero-order valence-electron chi connectivity index (χ0n) is 21.7. The second-order valence-corrected chi connectivity index (χ2v) is 12.0. The topological polar surface area (TPSA) is 108 Å². The number of hydrogen-bond acceptors (Lipinski definition) is 5. The lowest BCUT2D eigenvalue weighted by atomic mass is 9.94. The molecule has 2 saturated heterocycles. The third-order valence-corrected chi connectivity index (χ3v) is 9.24. The molecule has 2 heterocycles. The van der Waals surface area contributed by atoms with Crippen molar-refractivity contribution in [3.63, 3.8) is 0 Å². The summed E-state index contributed by atoms with van der Waals surface area (Å²) in [4.78, 5) is 27.8. The average Bonchev–Trinajstić information content (AvgIpc) is 3.45. The van der Waals surface area contributed by atoms with Crippen LogP contribution in [0.15, 0.2) is 65.6 Å². The van der Waals surface area contributed by atoms with Crippen molar-refractivity contribution in [1.82, 2.24) is 14.9 Å². The van der Waals surface area contributed by atoms with E-state index in [9.17, 15) is 18.0 Å². The molecule has 0 bridgehead atoms. The Balaban J connectivity index is 1.34. The highest BCUT2D eigenvalue weighted by atomic mass is 32.2. The standard InChI is InChI=1S/C29H34N4O4S/c1-19-8-3-4-9-21(19)28(34)31-25-13-14-27(23-11-6-5-10-22(23)25)38(36,37)32-24-15-17-33(18-20(24)2)29(35)26-12-7-16-30-26/h3-6,8-11,13-14,20,24,26,30,32H,7,12,15-18H2,1-2H3,(H,31,34)/t20-,24+,26-/m0/s1. The molecule has 2 aliphatic rings. The molecule has 0 unspecified atom stereocenters. The van der Waals surface area contributed by atoms with Crippen LogP contribution >= 0.6 is 0 Å². The van der Waals surface area contributed by atoms with E-state index in [2.05, 4.69) is 15.4 Å². The van der Waals surface area contributed by atoms with Crippen molar-refractivity contribution in [2.75, 3.05) is 25.0 Å². The number of hydrogen-bond donors (Lipinski definition) is 3. The van der Waals surface area contributed by atoms with Crippen molar-refractivity contribution < 1.29 is 18.0 Å². The molecular formula is C29H34N4O4S. The van der Waals surface area contributed by atoms with Crippen LogP contribution in [0.2, 0.25) is 0 Å². The number of anilines is 1. The Kier molecular flexibility index (Phi) is 7.52. The predicted molar refractivity (Wildman–Crippen MR) is 149 cm³/mol. The Morgan fingerprint density at radius 1 is 0.974 bits per heavy atom. The van der Waals surface area contributed by atoms with E-state index in [-0.39, 0.29) is 34.7 Å². The summed E-state index contributed by atoms with van der Waals surface area (Å²) in [7, 11) is -3.86. The molecule has 8 nitrogen and oxygen atoms in total. The van der Waals surface area contributed by atoms with Gasteiger partial charge in [-0.25, -0.2) is 13.1 Å². The zero-order valence-corrected chi connectivity index (χ0v) is 22.6. The van der Waals surface area contributed by atoms with Gasteiger partial charge in [0, 0.05) is 41.2 Å². The predicted octanol–water partition coefficient (Wildman–Crippen LogP) is 3.67. The maximum Gasteiger partial charge on any atom is 0.255 e. The first kappa shape index (κ1) is 26.3. The van der Waals surface area contributed by atoms with Gasteiger partial charge in [-0.05, 0) is 62.4 Å². The molecule has 2 amide bonds. The van der Waals surface area contributed by atoms with Gasteiger partial charge in [0.05, 0.1) is 10.9 Å². The van der Waals surface area contributed by atoms with Gasteiger partial charge >= 0.3 is 0 Å². The van der Waals surface area contributed by atoms with Crippen molar-refractivity contribution in [1.29, 1.82) is 0 Å². The van der Waals surface area contributed by atoms with Crippen LogP contribution in [0, 0.1) is 12.8 Å². The van der Waals surface area contributed by atoms with Crippen molar-refractivity contribution in [3.8, 4) is 0 Å². The van der Waals surface area contributed by atoms with Crippen LogP contribution in [0.4, 0.5) is 5.69 Å². The summed E-state index contributed by atoms with van der Waals surface area (Å²) >= 11 is 0. The molecule has 5 rings (SSSR count). The fourth-order valence-corrected chi connectivity index (χ4v) is 7.12. The first-order chi connectivity index (χ1) is 18.2. The van der Waals surface area contributed by atoms with E-state index in [0.29, 0.717) is 41.5 Å². The largest absolute Gasteiger partial charge is 0.341 e. The number of carbonyl (C=O) groups excluding carboxylic acids is 2. The molecular weight excluding hydrogens is 500 g/mol. The summed E-state index contributed by atoms with van der Waals surface area (Å²) in [6, 6.07) is 17.3. The number of amides is 2. The zero-order chi connectivity index (χ0) is 26.9. The number of carbonyl (C=O) groups is 2. The molecule has 9 heteroatoms. The van der Waals surface area contributed by atoms with Crippen molar-refractivity contribution >= 4 is 38.3 Å². The molecule has 200 valence electrons. The molecule has 0 aromatic heterocycles. The van der Waals surface area contributed by atoms with E-state index in [1.807, 2.05) is 49.1 Å². The quantitative estimate of drug-likeness (QED) is 0.447. The summed E-state index contributed by atoms with van der Waals surface area (Å²) in [6.45, 7) is 5.77. The first-order valence-corrected chi connectivity index (χ1v) is 14.7. The lowest BCUT2D eigenvalue weighted by Gasteiger charge is -2.38. The second kappa shape index (κ2) is 10.8. The molecule has 2 aliphatic heterocycles. The van der Waals surface area contributed by atoms with Crippen LogP contribution in [-0.2, 0) is 14.8 Å². The van der Waals surface area contributed by atoms with Crippen molar-refractivity contribution in [2.45, 2.75) is 50.1 Å². The minimum atomic E-state index is -3.86. The minimum absolute atomic E-state index is 0.0252. The van der Waals surface area contributed by atoms with Crippen LogP contribution in [0.5, 0.6) is 0 Å². The van der Waals surface area contributed by atoms with Gasteiger partial charge in [-0.2, -0.15) is 0 Å². The lowest BCUT2D eigenvalue weighted by molar-refractivity contribution is -0.135. The molecule has 0 spiro atoms. The lowest BCUT2D eigenvalue weighted by Crippen LogP contribution is -2.54. The SMILES string of the molecule is Cc1ccccc1C(=O)Nc1ccc(S(=O)(=O)N[C@@H]2CCN(C(=O)[C@@H]3CCCN3)C[C@@H]2C)c2ccccc12. The second-order valence-electron chi connectivity index (χ2n) is 10.4. The molecule has 38 heavy (non-hydrogen) atoms. The molecule has 3 aromatic rings. The Morgan fingerprint density at radius 3 is 2.42 bits per heavy atom. The number of likely N-dealkylation sites (tertiary alicyclic amines) is 1. The van der Waals surface area contributed by atoms with Crippen LogP contribution in [0.1, 0.15) is 42.1 Å². The summed E-state index contributed by atoms with van der Waals surface area (Å²) in [5.74, 6) is -0.155. The van der Waals surface area contributed by atoms with E-state index >= 15 is 0 Å². The minimum Gasteiger partial charge on any atom is -0.341 e. The van der Waals surface area contributed by atoms with E-state index in [1.54, 1.807) is 30.3 Å². The van der Waals surface area contributed by atoms with Crippen LogP contribution in [0.3, 0.4) is 0 Å². The number of nitrogens with one attached hydrogen (secondary N) is 3. The number of nitrogens with zero attached hydrogens (tertiary/aromatic N) is 1. The molecule has 0 aliphatic carbocycles. The molecule has 2 fully saturated rings. The van der Waals surface area contributed by atoms with Crippen LogP contribution in [0.25, 0.3) is 10.8 Å². The van der Waals surface area contributed by atoms with Crippen LogP contribution < -0.4 is 15.4 Å². The number of sulfonamides is 1. The summed E-state index contributed by atoms with van der Waals surface area (Å²) < 4.78 is 30.1. The number of fused-ring (bicyclic) bond motifs is 1. The monoisotopic (exact) mass is 534 g/mol.